The van der Waals surface area contributed by atoms with Gasteiger partial charge in [0, 0.05) is 0 Å². The van der Waals surface area contributed by atoms with Crippen LogP contribution >= 0.6 is 0 Å². The second-order valence-corrected chi connectivity index (χ2v) is 9.14. The molecule has 1 heterocycles. The number of aryl methyl sites for hydroxylation is 1. The number of ether oxygens (including phenoxy) is 3. The highest BCUT2D eigenvalue weighted by Gasteiger charge is 2.31. The summed E-state index contributed by atoms with van der Waals surface area (Å²) in [6.07, 6.45) is -1.50. The van der Waals surface area contributed by atoms with Crippen molar-refractivity contribution in [3.05, 3.63) is 23.4 Å². The van der Waals surface area contributed by atoms with E-state index >= 15 is 0 Å². The fraction of sp³-hybridized carbons (Fsp3) is 0.619. The fourth-order valence-corrected chi connectivity index (χ4v) is 2.57. The highest BCUT2D eigenvalue weighted by molar-refractivity contribution is 5.82. The maximum atomic E-state index is 12.8. The van der Waals surface area contributed by atoms with E-state index in [4.69, 9.17) is 19.9 Å². The minimum atomic E-state index is -1.19. The average molecular weight is 439 g/mol. The Labute approximate surface area is 183 Å². The zero-order valence-corrected chi connectivity index (χ0v) is 19.6. The van der Waals surface area contributed by atoms with Crippen LogP contribution in [0.15, 0.2) is 12.1 Å². The number of amides is 2. The molecule has 3 N–H and O–H groups in total. The molecule has 0 unspecified atom stereocenters. The van der Waals surface area contributed by atoms with Gasteiger partial charge in [-0.2, -0.15) is 0 Å². The van der Waals surface area contributed by atoms with Gasteiger partial charge in [0.25, 0.3) is 0 Å². The third-order valence-electron chi connectivity index (χ3n) is 3.63. The lowest BCUT2D eigenvalue weighted by molar-refractivity contribution is -0.143. The molecule has 0 bridgehead atoms. The first-order valence-corrected chi connectivity index (χ1v) is 9.88. The van der Waals surface area contributed by atoms with Crippen molar-refractivity contribution in [3.63, 3.8) is 0 Å². The predicted octanol–water partition coefficient (Wildman–Crippen LogP) is 2.78. The van der Waals surface area contributed by atoms with Gasteiger partial charge in [0.1, 0.15) is 23.1 Å². The minimum Gasteiger partial charge on any atom is -0.467 e. The largest absolute Gasteiger partial charge is 0.467 e. The van der Waals surface area contributed by atoms with Crippen LogP contribution in [0, 0.1) is 6.92 Å². The van der Waals surface area contributed by atoms with Crippen LogP contribution in [0.1, 0.15) is 52.8 Å². The first-order chi connectivity index (χ1) is 14.1. The lowest BCUT2D eigenvalue weighted by Crippen LogP contribution is -2.52. The highest BCUT2D eigenvalue weighted by Crippen LogP contribution is 2.15. The average Bonchev–Trinajstić information content (AvgIpc) is 2.55. The Hall–Kier alpha value is -3.04. The van der Waals surface area contributed by atoms with Gasteiger partial charge in [-0.15, -0.1) is 0 Å². The monoisotopic (exact) mass is 438 g/mol. The van der Waals surface area contributed by atoms with Gasteiger partial charge in [0.15, 0.2) is 0 Å². The van der Waals surface area contributed by atoms with Gasteiger partial charge >= 0.3 is 18.2 Å². The number of hydrogen-bond acceptors (Lipinski definition) is 8. The quantitative estimate of drug-likeness (QED) is 0.512. The predicted molar refractivity (Wildman–Crippen MR) is 115 cm³/mol. The van der Waals surface area contributed by atoms with Crippen LogP contribution in [0.25, 0.3) is 0 Å². The second kappa shape index (κ2) is 10.3. The lowest BCUT2D eigenvalue weighted by atomic mass is 10.2. The Balaban J connectivity index is 3.16. The number of pyridine rings is 1. The number of esters is 1. The number of nitrogens with zero attached hydrogens (tertiary/aromatic N) is 2. The summed E-state index contributed by atoms with van der Waals surface area (Å²) in [7, 11) is 1.19. The van der Waals surface area contributed by atoms with Crippen LogP contribution in [0.2, 0.25) is 0 Å². The Bertz CT molecular complexity index is 778. The van der Waals surface area contributed by atoms with Gasteiger partial charge in [0.05, 0.1) is 25.9 Å². The lowest BCUT2D eigenvalue weighted by Gasteiger charge is -2.30. The van der Waals surface area contributed by atoms with Gasteiger partial charge in [-0.25, -0.2) is 19.4 Å². The van der Waals surface area contributed by atoms with Crippen LogP contribution in [-0.2, 0) is 25.5 Å². The summed E-state index contributed by atoms with van der Waals surface area (Å²) in [6.45, 7) is 11.9. The van der Waals surface area contributed by atoms with Crippen molar-refractivity contribution < 1.29 is 28.6 Å². The van der Waals surface area contributed by atoms with Crippen LogP contribution < -0.4 is 11.1 Å². The molecule has 0 saturated carbocycles. The van der Waals surface area contributed by atoms with Crippen molar-refractivity contribution in [2.45, 2.75) is 72.3 Å². The number of alkyl carbamates (subject to hydrolysis) is 1. The smallest absolute Gasteiger partial charge is 0.410 e. The first-order valence-electron chi connectivity index (χ1n) is 9.88. The Morgan fingerprint density at radius 3 is 2.16 bits per heavy atom. The van der Waals surface area contributed by atoms with E-state index in [0.29, 0.717) is 11.5 Å². The number of carbonyl (C=O) groups excluding carboxylic acids is 3. The number of rotatable bonds is 6. The zero-order chi connectivity index (χ0) is 24.0. The molecule has 0 aliphatic rings. The number of nitrogens with one attached hydrogen (secondary N) is 1. The zero-order valence-electron chi connectivity index (χ0n) is 19.6. The minimum absolute atomic E-state index is 0.00425. The van der Waals surface area contributed by atoms with E-state index in [-0.39, 0.29) is 13.1 Å². The molecule has 1 rings (SSSR count). The van der Waals surface area contributed by atoms with E-state index in [1.807, 2.05) is 6.92 Å². The molecule has 1 atom stereocenters. The fourth-order valence-electron chi connectivity index (χ4n) is 2.57. The van der Waals surface area contributed by atoms with Crippen molar-refractivity contribution in [1.29, 1.82) is 0 Å². The van der Waals surface area contributed by atoms with E-state index in [2.05, 4.69) is 10.3 Å². The number of hydrogen-bond donors (Lipinski definition) is 2. The van der Waals surface area contributed by atoms with Gasteiger partial charge < -0.3 is 25.3 Å². The Morgan fingerprint density at radius 2 is 1.68 bits per heavy atom. The third-order valence-corrected chi connectivity index (χ3v) is 3.63. The van der Waals surface area contributed by atoms with E-state index in [9.17, 15) is 14.4 Å². The molecule has 0 aliphatic carbocycles. The number of anilines is 1. The summed E-state index contributed by atoms with van der Waals surface area (Å²) in [6, 6.07) is 2.28. The summed E-state index contributed by atoms with van der Waals surface area (Å²) in [4.78, 5) is 42.9. The Morgan fingerprint density at radius 1 is 1.10 bits per heavy atom. The normalized spacial score (nSPS) is 12.5. The summed E-state index contributed by atoms with van der Waals surface area (Å²) < 4.78 is 15.5. The summed E-state index contributed by atoms with van der Waals surface area (Å²) in [5.74, 6) is -0.438. The molecule has 0 radical (unpaired) electrons. The third kappa shape index (κ3) is 10.0. The molecule has 10 nitrogen and oxygen atoms in total. The number of aromatic nitrogens is 1. The number of nitrogens with two attached hydrogens (primary N) is 1. The van der Waals surface area contributed by atoms with Crippen LogP contribution in [0.5, 0.6) is 0 Å². The molecule has 0 aliphatic heterocycles. The number of methoxy groups -OCH3 is 1. The van der Waals surface area contributed by atoms with Crippen LogP contribution in [0.3, 0.4) is 0 Å². The van der Waals surface area contributed by atoms with E-state index < -0.39 is 35.4 Å². The van der Waals surface area contributed by atoms with Crippen molar-refractivity contribution in [2.75, 3.05) is 19.4 Å². The molecule has 2 amide bonds. The highest BCUT2D eigenvalue weighted by atomic mass is 16.6. The van der Waals surface area contributed by atoms with Crippen molar-refractivity contribution in [2.24, 2.45) is 0 Å². The number of carbonyl (C=O) groups is 3. The van der Waals surface area contributed by atoms with E-state index in [0.717, 1.165) is 5.56 Å². The van der Waals surface area contributed by atoms with Crippen LogP contribution in [-0.4, -0.2) is 58.9 Å². The van der Waals surface area contributed by atoms with Gasteiger partial charge in [-0.05, 0) is 66.2 Å². The van der Waals surface area contributed by atoms with E-state index in [1.165, 1.54) is 12.0 Å². The maximum Gasteiger partial charge on any atom is 0.410 e. The molecule has 31 heavy (non-hydrogen) atoms. The topological polar surface area (TPSA) is 133 Å². The van der Waals surface area contributed by atoms with Gasteiger partial charge in [-0.3, -0.25) is 4.90 Å². The molecule has 0 saturated heterocycles. The molecule has 174 valence electrons. The summed E-state index contributed by atoms with van der Waals surface area (Å²) in [5, 5.41) is 2.45. The number of nitrogen functional groups attached to an aromatic ring is 1. The molecular weight excluding hydrogens is 404 g/mol. The molecule has 0 fully saturated rings. The molecule has 10 heteroatoms. The van der Waals surface area contributed by atoms with E-state index in [1.54, 1.807) is 53.7 Å². The standard InChI is InChI=1S/C21H34N4O6/c1-13-9-14(23-16(22)10-13)11-25(19(28)31-21(5,6)7)12-15(17(26)29-8)24-18(27)30-20(2,3)4/h9-10,15H,11-12H2,1-8H3,(H2,22,23)(H,24,27)/t15-/m0/s1. The van der Waals surface area contributed by atoms with Gasteiger partial charge in [0.2, 0.25) is 0 Å². The summed E-state index contributed by atoms with van der Waals surface area (Å²) >= 11 is 0. The molecule has 0 aromatic carbocycles. The molecular formula is C21H34N4O6. The second-order valence-electron chi connectivity index (χ2n) is 9.14. The van der Waals surface area contributed by atoms with Crippen molar-refractivity contribution in [3.8, 4) is 0 Å². The van der Waals surface area contributed by atoms with Crippen LogP contribution in [0.4, 0.5) is 15.4 Å². The SMILES string of the molecule is COC(=O)[C@H](CN(Cc1cc(C)cc(N)n1)C(=O)OC(C)(C)C)NC(=O)OC(C)(C)C. The molecule has 1 aromatic rings. The first kappa shape index (κ1) is 26.0. The molecule has 0 spiro atoms. The molecule has 1 aromatic heterocycles. The van der Waals surface area contributed by atoms with Crippen molar-refractivity contribution >= 4 is 24.0 Å². The van der Waals surface area contributed by atoms with Crippen molar-refractivity contribution in [1.82, 2.24) is 15.2 Å². The summed E-state index contributed by atoms with van der Waals surface area (Å²) in [5.41, 5.74) is 5.65. The Kier molecular flexibility index (Phi) is 8.65. The maximum absolute atomic E-state index is 12.8. The van der Waals surface area contributed by atoms with Gasteiger partial charge in [-0.1, -0.05) is 0 Å².